The molecule has 0 atom stereocenters. The Bertz CT molecular complexity index is 249. The lowest BCUT2D eigenvalue weighted by atomic mass is 9.90. The number of hydrogen-bond donors (Lipinski definition) is 0. The molecule has 2 rings (SSSR count). The van der Waals surface area contributed by atoms with Crippen LogP contribution in [0.2, 0.25) is 0 Å². The van der Waals surface area contributed by atoms with Gasteiger partial charge in [0.05, 0.1) is 11.2 Å². The molecule has 0 amide bonds. The summed E-state index contributed by atoms with van der Waals surface area (Å²) in [6, 6.07) is 0. The minimum Gasteiger partial charge on any atom is -0.480 e. The minimum atomic E-state index is -0.334. The molecule has 0 N–H and O–H groups in total. The van der Waals surface area contributed by atoms with Crippen LogP contribution in [0.5, 0.6) is 0 Å². The second-order valence-electron chi connectivity index (χ2n) is 4.66. The molecule has 4 nitrogen and oxygen atoms in total. The fourth-order valence-electron chi connectivity index (χ4n) is 1.37. The van der Waals surface area contributed by atoms with Crippen molar-refractivity contribution in [3.63, 3.8) is 0 Å². The predicted molar refractivity (Wildman–Crippen MR) is 53.0 cm³/mol. The van der Waals surface area contributed by atoms with E-state index in [1.165, 1.54) is 0 Å². The van der Waals surface area contributed by atoms with Crippen LogP contribution in [0.4, 0.5) is 0 Å². The van der Waals surface area contributed by atoms with E-state index in [0.717, 1.165) is 0 Å². The van der Waals surface area contributed by atoms with E-state index < -0.39 is 0 Å². The molecule has 2 heterocycles. The van der Waals surface area contributed by atoms with Crippen molar-refractivity contribution in [2.45, 2.75) is 38.9 Å². The Balaban J connectivity index is 2.09. The first kappa shape index (κ1) is 9.86. The maximum Gasteiger partial charge on any atom is 0.596 e. The van der Waals surface area contributed by atoms with Crippen LogP contribution in [0.15, 0.2) is 12.5 Å². The summed E-state index contributed by atoms with van der Waals surface area (Å²) in [5, 5.41) is 0. The first-order chi connectivity index (χ1) is 6.42. The van der Waals surface area contributed by atoms with Gasteiger partial charge >= 0.3 is 7.25 Å². The zero-order valence-corrected chi connectivity index (χ0v) is 9.11. The van der Waals surface area contributed by atoms with Crippen LogP contribution in [0.3, 0.4) is 0 Å². The van der Waals surface area contributed by atoms with E-state index >= 15 is 0 Å². The van der Waals surface area contributed by atoms with Crippen LogP contribution < -0.4 is 0 Å². The molecule has 0 radical (unpaired) electrons. The molecule has 1 saturated heterocycles. The van der Waals surface area contributed by atoms with Crippen molar-refractivity contribution < 1.29 is 14.0 Å². The van der Waals surface area contributed by atoms with Crippen LogP contribution in [0.1, 0.15) is 27.7 Å². The fraction of sp³-hybridized carbons (Fsp3) is 0.778. The van der Waals surface area contributed by atoms with Gasteiger partial charge in [-0.1, -0.05) is 0 Å². The Morgan fingerprint density at radius 3 is 2.14 bits per heavy atom. The van der Waals surface area contributed by atoms with Crippen molar-refractivity contribution in [2.75, 3.05) is 6.73 Å². The second kappa shape index (κ2) is 2.91. The summed E-state index contributed by atoms with van der Waals surface area (Å²) < 4.78 is 16.7. The number of ether oxygens (including phenoxy) is 1. The van der Waals surface area contributed by atoms with Gasteiger partial charge in [0.1, 0.15) is 6.26 Å². The van der Waals surface area contributed by atoms with E-state index in [2.05, 4.69) is 0 Å². The van der Waals surface area contributed by atoms with Gasteiger partial charge in [-0.3, -0.25) is 0 Å². The standard InChI is InChI=1S/C9H16BNO3/c1-8(2)9(3,4)14-10(13-8)11-5-6-12-7-11/h5-6H,7H2,1-4H3. The van der Waals surface area contributed by atoms with Gasteiger partial charge in [-0.25, -0.2) is 0 Å². The van der Waals surface area contributed by atoms with Crippen molar-refractivity contribution in [3.8, 4) is 0 Å². The van der Waals surface area contributed by atoms with Crippen LogP contribution >= 0.6 is 0 Å². The van der Waals surface area contributed by atoms with E-state index in [9.17, 15) is 0 Å². The lowest BCUT2D eigenvalue weighted by Gasteiger charge is -2.32. The smallest absolute Gasteiger partial charge is 0.480 e. The third-order valence-corrected chi connectivity index (χ3v) is 3.08. The summed E-state index contributed by atoms with van der Waals surface area (Å²) in [5.41, 5.74) is -0.567. The monoisotopic (exact) mass is 197 g/mol. The maximum atomic E-state index is 5.82. The van der Waals surface area contributed by atoms with E-state index in [1.54, 1.807) is 6.26 Å². The van der Waals surface area contributed by atoms with Gasteiger partial charge in [-0.05, 0) is 27.7 Å². The van der Waals surface area contributed by atoms with Crippen LogP contribution in [0.25, 0.3) is 0 Å². The molecule has 0 aliphatic carbocycles. The molecule has 0 aromatic heterocycles. The summed E-state index contributed by atoms with van der Waals surface area (Å²) in [7, 11) is -0.334. The largest absolute Gasteiger partial charge is 0.596 e. The van der Waals surface area contributed by atoms with E-state index in [0.29, 0.717) is 6.73 Å². The fourth-order valence-corrected chi connectivity index (χ4v) is 1.37. The van der Waals surface area contributed by atoms with Crippen molar-refractivity contribution in [1.29, 1.82) is 0 Å². The molecule has 0 aromatic carbocycles. The summed E-state index contributed by atoms with van der Waals surface area (Å²) in [6.45, 7) is 8.64. The molecule has 2 aliphatic rings. The molecule has 0 saturated carbocycles. The highest BCUT2D eigenvalue weighted by Crippen LogP contribution is 2.37. The van der Waals surface area contributed by atoms with E-state index in [-0.39, 0.29) is 18.5 Å². The molecule has 0 bridgehead atoms. The van der Waals surface area contributed by atoms with Crippen LogP contribution in [-0.4, -0.2) is 30.0 Å². The molecular formula is C9H16BNO3. The lowest BCUT2D eigenvalue weighted by molar-refractivity contribution is 0.00578. The van der Waals surface area contributed by atoms with Gasteiger partial charge in [-0.2, -0.15) is 0 Å². The molecule has 0 aromatic rings. The number of nitrogens with zero attached hydrogens (tertiary/aromatic N) is 1. The Morgan fingerprint density at radius 1 is 1.14 bits per heavy atom. The third-order valence-electron chi connectivity index (χ3n) is 3.08. The summed E-state index contributed by atoms with van der Waals surface area (Å²) in [4.78, 5) is 1.89. The zero-order valence-electron chi connectivity index (χ0n) is 9.11. The average Bonchev–Trinajstić information content (AvgIpc) is 2.58. The Morgan fingerprint density at radius 2 is 1.71 bits per heavy atom. The van der Waals surface area contributed by atoms with Crippen molar-refractivity contribution in [2.24, 2.45) is 0 Å². The number of rotatable bonds is 1. The average molecular weight is 197 g/mol. The molecule has 5 heteroatoms. The molecule has 0 unspecified atom stereocenters. The van der Waals surface area contributed by atoms with Crippen LogP contribution in [-0.2, 0) is 14.0 Å². The molecule has 78 valence electrons. The van der Waals surface area contributed by atoms with Gasteiger partial charge in [0.15, 0.2) is 6.73 Å². The maximum absolute atomic E-state index is 5.82. The number of hydrogen-bond acceptors (Lipinski definition) is 4. The van der Waals surface area contributed by atoms with Crippen LogP contribution in [0, 0.1) is 0 Å². The molecule has 0 spiro atoms. The lowest BCUT2D eigenvalue weighted by Crippen LogP contribution is -2.41. The topological polar surface area (TPSA) is 30.9 Å². The first-order valence-electron chi connectivity index (χ1n) is 4.82. The zero-order chi connectivity index (χ0) is 10.4. The van der Waals surface area contributed by atoms with Gasteiger partial charge in [0.25, 0.3) is 0 Å². The van der Waals surface area contributed by atoms with Crippen molar-refractivity contribution in [3.05, 3.63) is 12.5 Å². The van der Waals surface area contributed by atoms with E-state index in [4.69, 9.17) is 14.0 Å². The summed E-state index contributed by atoms with van der Waals surface area (Å²) in [5.74, 6) is 0. The summed E-state index contributed by atoms with van der Waals surface area (Å²) >= 11 is 0. The quantitative estimate of drug-likeness (QED) is 0.593. The minimum absolute atomic E-state index is 0.284. The van der Waals surface area contributed by atoms with Crippen molar-refractivity contribution in [1.82, 2.24) is 4.81 Å². The van der Waals surface area contributed by atoms with E-state index in [1.807, 2.05) is 38.7 Å². The second-order valence-corrected chi connectivity index (χ2v) is 4.66. The van der Waals surface area contributed by atoms with Gasteiger partial charge in [0, 0.05) is 6.20 Å². The Kier molecular flexibility index (Phi) is 2.05. The Labute approximate surface area is 85.0 Å². The first-order valence-corrected chi connectivity index (χ1v) is 4.82. The predicted octanol–water partition coefficient (Wildman–Crippen LogP) is 1.34. The normalized spacial score (nSPS) is 28.3. The molecule has 14 heavy (non-hydrogen) atoms. The molecule has 2 aliphatic heterocycles. The molecular weight excluding hydrogens is 181 g/mol. The van der Waals surface area contributed by atoms with Crippen molar-refractivity contribution >= 4 is 7.25 Å². The highest BCUT2D eigenvalue weighted by atomic mass is 16.7. The highest BCUT2D eigenvalue weighted by molar-refractivity contribution is 6.42. The van der Waals surface area contributed by atoms with Gasteiger partial charge in [-0.15, -0.1) is 0 Å². The van der Waals surface area contributed by atoms with Gasteiger partial charge < -0.3 is 18.9 Å². The summed E-state index contributed by atoms with van der Waals surface area (Å²) in [6.07, 6.45) is 3.48. The SMILES string of the molecule is CC1(C)OB(N2C=COC2)OC1(C)C. The van der Waals surface area contributed by atoms with Gasteiger partial charge in [0.2, 0.25) is 0 Å². The third kappa shape index (κ3) is 1.40. The molecule has 1 fully saturated rings. The Hall–Kier alpha value is -0.675. The highest BCUT2D eigenvalue weighted by Gasteiger charge is 2.54.